The number of amides is 1. The number of nitrogens with zero attached hydrogens (tertiary/aromatic N) is 2. The third kappa shape index (κ3) is 5.41. The first kappa shape index (κ1) is 19.2. The minimum Gasteiger partial charge on any atom is -0.466 e. The molecule has 6 nitrogen and oxygen atoms in total. The van der Waals surface area contributed by atoms with Crippen LogP contribution in [-0.4, -0.2) is 73.6 Å². The van der Waals surface area contributed by atoms with Gasteiger partial charge in [0.15, 0.2) is 0 Å². The van der Waals surface area contributed by atoms with E-state index >= 15 is 0 Å². The van der Waals surface area contributed by atoms with Gasteiger partial charge in [0.05, 0.1) is 19.1 Å². The number of ether oxygens (including phenoxy) is 1. The molecule has 0 saturated carbocycles. The maximum Gasteiger partial charge on any atom is 0.310 e. The first-order valence-electron chi connectivity index (χ1n) is 8.00. The molecule has 128 valence electrons. The molecule has 2 rings (SSSR count). The highest BCUT2D eigenvalue weighted by atomic mass is 35.5. The van der Waals surface area contributed by atoms with Gasteiger partial charge in [-0.05, 0) is 26.7 Å². The Morgan fingerprint density at radius 1 is 1.27 bits per heavy atom. The Morgan fingerprint density at radius 3 is 2.73 bits per heavy atom. The second-order valence-electron chi connectivity index (χ2n) is 6.02. The Bertz CT molecular complexity index is 381. The molecular formula is C15H28ClN3O3. The number of esters is 1. The van der Waals surface area contributed by atoms with Crippen LogP contribution in [0.2, 0.25) is 0 Å². The van der Waals surface area contributed by atoms with E-state index in [1.165, 1.54) is 0 Å². The molecule has 2 aliphatic rings. The van der Waals surface area contributed by atoms with E-state index in [4.69, 9.17) is 4.74 Å². The van der Waals surface area contributed by atoms with Crippen LogP contribution in [0.5, 0.6) is 0 Å². The van der Waals surface area contributed by atoms with Gasteiger partial charge in [-0.3, -0.25) is 14.5 Å². The molecule has 0 bridgehead atoms. The number of halogens is 1. The SMILES string of the molecule is CCOC(=O)C1CCCN(C(=O)CN2CCNC(C)C2)C1.Cl. The lowest BCUT2D eigenvalue weighted by molar-refractivity contribution is -0.151. The summed E-state index contributed by atoms with van der Waals surface area (Å²) in [6.45, 7) is 8.83. The lowest BCUT2D eigenvalue weighted by Crippen LogP contribution is -2.53. The highest BCUT2D eigenvalue weighted by Crippen LogP contribution is 2.18. The van der Waals surface area contributed by atoms with Crippen molar-refractivity contribution in [3.8, 4) is 0 Å². The molecule has 0 radical (unpaired) electrons. The van der Waals surface area contributed by atoms with E-state index in [9.17, 15) is 9.59 Å². The normalized spacial score (nSPS) is 26.2. The van der Waals surface area contributed by atoms with E-state index in [1.54, 1.807) is 0 Å². The topological polar surface area (TPSA) is 61.9 Å². The van der Waals surface area contributed by atoms with Crippen molar-refractivity contribution >= 4 is 24.3 Å². The van der Waals surface area contributed by atoms with Crippen molar-refractivity contribution in [1.29, 1.82) is 0 Å². The van der Waals surface area contributed by atoms with Crippen molar-refractivity contribution in [3.63, 3.8) is 0 Å². The summed E-state index contributed by atoms with van der Waals surface area (Å²) in [6, 6.07) is 0.431. The number of carbonyl (C=O) groups is 2. The largest absolute Gasteiger partial charge is 0.466 e. The van der Waals surface area contributed by atoms with Gasteiger partial charge >= 0.3 is 5.97 Å². The fourth-order valence-corrected chi connectivity index (χ4v) is 3.10. The fourth-order valence-electron chi connectivity index (χ4n) is 3.10. The van der Waals surface area contributed by atoms with Crippen molar-refractivity contribution in [2.75, 3.05) is 45.9 Å². The lowest BCUT2D eigenvalue weighted by Gasteiger charge is -2.35. The Hall–Kier alpha value is -0.850. The Morgan fingerprint density at radius 2 is 2.05 bits per heavy atom. The van der Waals surface area contributed by atoms with Gasteiger partial charge in [-0.1, -0.05) is 0 Å². The minimum atomic E-state index is -0.161. The smallest absolute Gasteiger partial charge is 0.310 e. The molecule has 0 aromatic carbocycles. The third-order valence-corrected chi connectivity index (χ3v) is 4.21. The van der Waals surface area contributed by atoms with E-state index in [0.717, 1.165) is 39.0 Å². The summed E-state index contributed by atoms with van der Waals surface area (Å²) in [7, 11) is 0. The summed E-state index contributed by atoms with van der Waals surface area (Å²) in [5.41, 5.74) is 0. The van der Waals surface area contributed by atoms with Gasteiger partial charge in [0, 0.05) is 38.8 Å². The van der Waals surface area contributed by atoms with Gasteiger partial charge in [-0.15, -0.1) is 12.4 Å². The molecule has 0 spiro atoms. The van der Waals surface area contributed by atoms with Gasteiger partial charge in [0.2, 0.25) is 5.91 Å². The van der Waals surface area contributed by atoms with Crippen molar-refractivity contribution in [2.24, 2.45) is 5.92 Å². The first-order chi connectivity index (χ1) is 10.1. The van der Waals surface area contributed by atoms with Crippen LogP contribution >= 0.6 is 12.4 Å². The van der Waals surface area contributed by atoms with Crippen molar-refractivity contribution in [1.82, 2.24) is 15.1 Å². The third-order valence-electron chi connectivity index (χ3n) is 4.21. The van der Waals surface area contributed by atoms with Gasteiger partial charge in [-0.25, -0.2) is 0 Å². The van der Waals surface area contributed by atoms with Crippen LogP contribution in [0.1, 0.15) is 26.7 Å². The van der Waals surface area contributed by atoms with E-state index in [2.05, 4.69) is 17.1 Å². The van der Waals surface area contributed by atoms with Crippen LogP contribution in [0, 0.1) is 5.92 Å². The molecule has 0 aromatic heterocycles. The highest BCUT2D eigenvalue weighted by Gasteiger charge is 2.30. The molecule has 22 heavy (non-hydrogen) atoms. The molecule has 2 fully saturated rings. The zero-order valence-electron chi connectivity index (χ0n) is 13.5. The van der Waals surface area contributed by atoms with Gasteiger partial charge in [-0.2, -0.15) is 0 Å². The maximum absolute atomic E-state index is 12.4. The number of piperazine rings is 1. The Balaban J connectivity index is 0.00000242. The second kappa shape index (κ2) is 9.33. The summed E-state index contributed by atoms with van der Waals surface area (Å²) < 4.78 is 5.08. The van der Waals surface area contributed by atoms with Crippen molar-refractivity contribution < 1.29 is 14.3 Å². The summed E-state index contributed by atoms with van der Waals surface area (Å²) in [5, 5.41) is 3.37. The van der Waals surface area contributed by atoms with E-state index in [0.29, 0.717) is 25.7 Å². The molecule has 2 atom stereocenters. The Labute approximate surface area is 138 Å². The monoisotopic (exact) mass is 333 g/mol. The van der Waals surface area contributed by atoms with Crippen molar-refractivity contribution in [3.05, 3.63) is 0 Å². The van der Waals surface area contributed by atoms with E-state index in [-0.39, 0.29) is 30.2 Å². The Kier molecular flexibility index (Phi) is 8.14. The van der Waals surface area contributed by atoms with Crippen LogP contribution in [-0.2, 0) is 14.3 Å². The molecule has 0 aliphatic carbocycles. The summed E-state index contributed by atoms with van der Waals surface area (Å²) in [4.78, 5) is 28.3. The summed E-state index contributed by atoms with van der Waals surface area (Å²) in [5.74, 6) is -0.173. The van der Waals surface area contributed by atoms with Crippen LogP contribution in [0.3, 0.4) is 0 Å². The van der Waals surface area contributed by atoms with Gasteiger partial charge < -0.3 is 15.0 Å². The molecule has 0 aromatic rings. The summed E-state index contributed by atoms with van der Waals surface area (Å²) in [6.07, 6.45) is 1.71. The van der Waals surface area contributed by atoms with Gasteiger partial charge in [0.1, 0.15) is 0 Å². The van der Waals surface area contributed by atoms with Gasteiger partial charge in [0.25, 0.3) is 0 Å². The average molecular weight is 334 g/mol. The molecule has 2 heterocycles. The average Bonchev–Trinajstić information content (AvgIpc) is 2.47. The highest BCUT2D eigenvalue weighted by molar-refractivity contribution is 5.85. The number of nitrogens with one attached hydrogen (secondary N) is 1. The molecule has 2 saturated heterocycles. The number of hydrogen-bond donors (Lipinski definition) is 1. The molecule has 7 heteroatoms. The zero-order chi connectivity index (χ0) is 15.2. The predicted molar refractivity (Wildman–Crippen MR) is 87.1 cm³/mol. The molecular weight excluding hydrogens is 306 g/mol. The quantitative estimate of drug-likeness (QED) is 0.759. The van der Waals surface area contributed by atoms with E-state index < -0.39 is 0 Å². The number of rotatable bonds is 4. The number of hydrogen-bond acceptors (Lipinski definition) is 5. The standard InChI is InChI=1S/C15H27N3O3.ClH/c1-3-21-15(20)13-5-4-7-18(10-13)14(19)11-17-8-6-16-12(2)9-17;/h12-13,16H,3-11H2,1-2H3;1H. The van der Waals surface area contributed by atoms with Crippen LogP contribution in [0.25, 0.3) is 0 Å². The van der Waals surface area contributed by atoms with Crippen LogP contribution in [0.15, 0.2) is 0 Å². The first-order valence-corrected chi connectivity index (χ1v) is 8.00. The predicted octanol–water partition coefficient (Wildman–Crippen LogP) is 0.504. The second-order valence-corrected chi connectivity index (χ2v) is 6.02. The van der Waals surface area contributed by atoms with E-state index in [1.807, 2.05) is 11.8 Å². The number of carbonyl (C=O) groups excluding carboxylic acids is 2. The zero-order valence-corrected chi connectivity index (χ0v) is 14.4. The van der Waals surface area contributed by atoms with Crippen LogP contribution in [0.4, 0.5) is 0 Å². The number of likely N-dealkylation sites (tertiary alicyclic amines) is 1. The van der Waals surface area contributed by atoms with Crippen molar-refractivity contribution in [2.45, 2.75) is 32.7 Å². The molecule has 1 N–H and O–H groups in total. The summed E-state index contributed by atoms with van der Waals surface area (Å²) >= 11 is 0. The fraction of sp³-hybridized carbons (Fsp3) is 0.867. The number of piperidine rings is 1. The molecule has 1 amide bonds. The minimum absolute atomic E-state index is 0. The molecule has 2 aliphatic heterocycles. The lowest BCUT2D eigenvalue weighted by atomic mass is 9.98. The molecule has 2 unspecified atom stereocenters. The maximum atomic E-state index is 12.4. The van der Waals surface area contributed by atoms with Crippen LogP contribution < -0.4 is 5.32 Å².